The molecule has 86 valence electrons. The predicted molar refractivity (Wildman–Crippen MR) is 62.2 cm³/mol. The molecule has 1 aromatic carbocycles. The Bertz CT molecular complexity index is 387. The second kappa shape index (κ2) is 4.27. The maximum atomic E-state index is 11.1. The first-order valence-electron chi connectivity index (χ1n) is 5.01. The van der Waals surface area contributed by atoms with Crippen LogP contribution in [0.1, 0.15) is 0 Å². The Labute approximate surface area is 98.2 Å². The second-order valence-corrected chi connectivity index (χ2v) is 4.25. The molecule has 1 atom stereocenters. The summed E-state index contributed by atoms with van der Waals surface area (Å²) < 4.78 is 0. The van der Waals surface area contributed by atoms with Gasteiger partial charge in [-0.3, -0.25) is 15.0 Å². The minimum absolute atomic E-state index is 0.135. The fraction of sp³-hybridized carbons (Fsp3) is 0.400. The monoisotopic (exact) mass is 241 g/mol. The van der Waals surface area contributed by atoms with Crippen LogP contribution in [0.25, 0.3) is 0 Å². The van der Waals surface area contributed by atoms with E-state index in [1.807, 2.05) is 30.3 Å². The van der Waals surface area contributed by atoms with Gasteiger partial charge in [0.2, 0.25) is 0 Å². The van der Waals surface area contributed by atoms with Crippen molar-refractivity contribution in [3.05, 3.63) is 40.4 Å². The molecule has 0 radical (unpaired) electrons. The number of piperazine rings is 1. The Morgan fingerprint density at radius 3 is 2.75 bits per heavy atom. The van der Waals surface area contributed by atoms with E-state index in [0.717, 1.165) is 5.69 Å². The van der Waals surface area contributed by atoms with Crippen LogP contribution in [-0.2, 0) is 0 Å². The largest absolute Gasteiger partial charge is 0.386 e. The van der Waals surface area contributed by atoms with Crippen molar-refractivity contribution >= 4 is 17.3 Å². The highest BCUT2D eigenvalue weighted by Gasteiger charge is 2.48. The lowest BCUT2D eigenvalue weighted by Gasteiger charge is -2.37. The first-order chi connectivity index (χ1) is 7.64. The molecule has 1 heterocycles. The normalized spacial score (nSPS) is 25.4. The number of rotatable bonds is 2. The molecule has 1 unspecified atom stereocenters. The third kappa shape index (κ3) is 1.83. The average Bonchev–Trinajstić information content (AvgIpc) is 2.30. The van der Waals surface area contributed by atoms with E-state index in [-0.39, 0.29) is 6.54 Å². The van der Waals surface area contributed by atoms with Crippen LogP contribution in [-0.4, -0.2) is 29.7 Å². The molecule has 0 bridgehead atoms. The zero-order valence-electron chi connectivity index (χ0n) is 8.60. The van der Waals surface area contributed by atoms with Gasteiger partial charge in [0.25, 0.3) is 0 Å². The van der Waals surface area contributed by atoms with Crippen molar-refractivity contribution in [1.29, 1.82) is 0 Å². The van der Waals surface area contributed by atoms with E-state index < -0.39 is 10.0 Å². The fourth-order valence-corrected chi connectivity index (χ4v) is 2.08. The summed E-state index contributed by atoms with van der Waals surface area (Å²) in [5, 5.41) is 12.4. The molecule has 16 heavy (non-hydrogen) atoms. The first-order valence-corrected chi connectivity index (χ1v) is 5.39. The topological polar surface area (TPSA) is 58.4 Å². The lowest BCUT2D eigenvalue weighted by Crippen LogP contribution is -2.62. The molecule has 0 aromatic heterocycles. The average molecular weight is 242 g/mol. The lowest BCUT2D eigenvalue weighted by molar-refractivity contribution is -0.540. The molecule has 1 aliphatic rings. The molecule has 0 saturated carbocycles. The molecule has 0 spiro atoms. The van der Waals surface area contributed by atoms with Crippen LogP contribution in [0.2, 0.25) is 0 Å². The molecule has 1 aromatic rings. The molecule has 1 saturated heterocycles. The van der Waals surface area contributed by atoms with Gasteiger partial charge in [-0.2, -0.15) is 0 Å². The minimum Gasteiger partial charge on any atom is -0.305 e. The van der Waals surface area contributed by atoms with Crippen LogP contribution < -0.4 is 10.2 Å². The molecule has 1 fully saturated rings. The molecule has 1 aliphatic heterocycles. The summed E-state index contributed by atoms with van der Waals surface area (Å²) in [5.74, 6) is 0. The third-order valence-electron chi connectivity index (χ3n) is 2.62. The number of anilines is 1. The van der Waals surface area contributed by atoms with Crippen LogP contribution in [0.4, 0.5) is 5.69 Å². The van der Waals surface area contributed by atoms with E-state index in [1.54, 1.807) is 4.90 Å². The highest BCUT2D eigenvalue weighted by molar-refractivity contribution is 6.24. The molecule has 1 N–H and O–H groups in total. The van der Waals surface area contributed by atoms with Crippen LogP contribution in [0, 0.1) is 10.1 Å². The van der Waals surface area contributed by atoms with Crippen molar-refractivity contribution in [1.82, 2.24) is 5.32 Å². The molecule has 5 nitrogen and oxygen atoms in total. The molecule has 0 amide bonds. The van der Waals surface area contributed by atoms with Crippen LogP contribution >= 0.6 is 11.6 Å². The first kappa shape index (κ1) is 11.2. The summed E-state index contributed by atoms with van der Waals surface area (Å²) in [6.45, 7) is 1.35. The molecule has 2 rings (SSSR count). The van der Waals surface area contributed by atoms with Crippen LogP contribution in [0.15, 0.2) is 30.3 Å². The summed E-state index contributed by atoms with van der Waals surface area (Å²) in [5.41, 5.74) is 0.774. The molecular formula is C10H12ClN3O2. The number of benzene rings is 1. The standard InChI is InChI=1S/C10H12ClN3O2/c11-10(14(15)16)8-12-6-7-13(10)9-4-2-1-3-5-9/h1-5,12H,6-8H2. The summed E-state index contributed by atoms with van der Waals surface area (Å²) in [6, 6.07) is 9.20. The highest BCUT2D eigenvalue weighted by Crippen LogP contribution is 2.29. The smallest absolute Gasteiger partial charge is 0.305 e. The van der Waals surface area contributed by atoms with Gasteiger partial charge in [0.05, 0.1) is 4.92 Å². The zero-order valence-corrected chi connectivity index (χ0v) is 9.35. The molecular weight excluding hydrogens is 230 g/mol. The maximum absolute atomic E-state index is 11.1. The van der Waals surface area contributed by atoms with Gasteiger partial charge in [-0.15, -0.1) is 0 Å². The van der Waals surface area contributed by atoms with E-state index in [0.29, 0.717) is 13.1 Å². The van der Waals surface area contributed by atoms with Crippen molar-refractivity contribution in [2.75, 3.05) is 24.5 Å². The quantitative estimate of drug-likeness (QED) is 0.367. The number of halogens is 1. The zero-order chi connectivity index (χ0) is 11.6. The van der Waals surface area contributed by atoms with Crippen molar-refractivity contribution < 1.29 is 4.92 Å². The Kier molecular flexibility index (Phi) is 2.98. The number of para-hydroxylation sites is 1. The van der Waals surface area contributed by atoms with Gasteiger partial charge in [0.1, 0.15) is 6.54 Å². The SMILES string of the molecule is O=[N+]([O-])C1(Cl)CNCCN1c1ccccc1. The number of nitrogens with one attached hydrogen (secondary N) is 1. The summed E-state index contributed by atoms with van der Waals surface area (Å²) >= 11 is 6.07. The van der Waals surface area contributed by atoms with E-state index in [1.165, 1.54) is 0 Å². The summed E-state index contributed by atoms with van der Waals surface area (Å²) in [6.07, 6.45) is 0. The summed E-state index contributed by atoms with van der Waals surface area (Å²) in [4.78, 5) is 12.2. The lowest BCUT2D eigenvalue weighted by atomic mass is 10.2. The minimum atomic E-state index is -1.58. The van der Waals surface area contributed by atoms with E-state index >= 15 is 0 Å². The van der Waals surface area contributed by atoms with E-state index in [2.05, 4.69) is 5.32 Å². The predicted octanol–water partition coefficient (Wildman–Crippen LogP) is 1.27. The number of nitrogens with zero attached hydrogens (tertiary/aromatic N) is 2. The third-order valence-corrected chi connectivity index (χ3v) is 3.10. The van der Waals surface area contributed by atoms with Gasteiger partial charge < -0.3 is 5.32 Å². The summed E-state index contributed by atoms with van der Waals surface area (Å²) in [7, 11) is 0. The van der Waals surface area contributed by atoms with Crippen molar-refractivity contribution in [3.8, 4) is 0 Å². The van der Waals surface area contributed by atoms with E-state index in [4.69, 9.17) is 11.6 Å². The fourth-order valence-electron chi connectivity index (χ4n) is 1.80. The van der Waals surface area contributed by atoms with Crippen LogP contribution in [0.3, 0.4) is 0 Å². The maximum Gasteiger partial charge on any atom is 0.386 e. The second-order valence-electron chi connectivity index (χ2n) is 3.64. The Morgan fingerprint density at radius 1 is 1.44 bits per heavy atom. The van der Waals surface area contributed by atoms with Crippen molar-refractivity contribution in [3.63, 3.8) is 0 Å². The number of hydrogen-bond donors (Lipinski definition) is 1. The number of nitro groups is 1. The van der Waals surface area contributed by atoms with Crippen LogP contribution in [0.5, 0.6) is 0 Å². The van der Waals surface area contributed by atoms with Gasteiger partial charge in [-0.25, -0.2) is 0 Å². The van der Waals surface area contributed by atoms with E-state index in [9.17, 15) is 10.1 Å². The Morgan fingerprint density at radius 2 is 2.12 bits per heavy atom. The highest BCUT2D eigenvalue weighted by atomic mass is 35.5. The van der Waals surface area contributed by atoms with Crippen molar-refractivity contribution in [2.24, 2.45) is 0 Å². The number of alkyl halides is 1. The number of hydrogen-bond acceptors (Lipinski definition) is 4. The van der Waals surface area contributed by atoms with Crippen molar-refractivity contribution in [2.45, 2.75) is 5.12 Å². The Balaban J connectivity index is 2.34. The van der Waals surface area contributed by atoms with Gasteiger partial charge in [-0.05, 0) is 23.7 Å². The van der Waals surface area contributed by atoms with Gasteiger partial charge in [0.15, 0.2) is 0 Å². The molecule has 6 heteroatoms. The van der Waals surface area contributed by atoms with Gasteiger partial charge >= 0.3 is 5.12 Å². The van der Waals surface area contributed by atoms with Gasteiger partial charge in [-0.1, -0.05) is 18.2 Å². The van der Waals surface area contributed by atoms with Gasteiger partial charge in [0, 0.05) is 18.8 Å². The Hall–Kier alpha value is -1.33. The molecule has 0 aliphatic carbocycles.